The molecule has 2 fully saturated rings. The number of carbonyl (C=O) groups is 1. The van der Waals surface area contributed by atoms with Crippen molar-refractivity contribution in [3.8, 4) is 0 Å². The Bertz CT molecular complexity index is 710. The molecule has 2 saturated heterocycles. The van der Waals surface area contributed by atoms with E-state index in [1.54, 1.807) is 0 Å². The van der Waals surface area contributed by atoms with Gasteiger partial charge >= 0.3 is 0 Å². The number of hydrogen-bond donors (Lipinski definition) is 1. The van der Waals surface area contributed by atoms with Crippen LogP contribution in [0.2, 0.25) is 0 Å². The van der Waals surface area contributed by atoms with Gasteiger partial charge < -0.3 is 9.80 Å². The molecule has 1 N–H and O–H groups in total. The molecular formula is C20H28N3OS+. The second-order valence-corrected chi connectivity index (χ2v) is 8.89. The summed E-state index contributed by atoms with van der Waals surface area (Å²) in [6, 6.07) is 8.40. The van der Waals surface area contributed by atoms with Crippen molar-refractivity contribution in [3.63, 3.8) is 0 Å². The average molecular weight is 359 g/mol. The summed E-state index contributed by atoms with van der Waals surface area (Å²) >= 11 is 1.83. The lowest BCUT2D eigenvalue weighted by Gasteiger charge is -2.33. The number of thiazole rings is 1. The first-order chi connectivity index (χ1) is 12.2. The Morgan fingerprint density at radius 1 is 1.32 bits per heavy atom. The highest BCUT2D eigenvalue weighted by atomic mass is 32.1. The van der Waals surface area contributed by atoms with Crippen molar-refractivity contribution < 1.29 is 9.69 Å². The van der Waals surface area contributed by atoms with E-state index in [-0.39, 0.29) is 0 Å². The number of rotatable bonds is 3. The first-order valence-corrected chi connectivity index (χ1v) is 10.5. The van der Waals surface area contributed by atoms with E-state index in [1.165, 1.54) is 33.9 Å². The third-order valence-corrected chi connectivity index (χ3v) is 6.89. The predicted octanol–water partition coefficient (Wildman–Crippen LogP) is 2.32. The maximum atomic E-state index is 12.7. The third kappa shape index (κ3) is 3.87. The summed E-state index contributed by atoms with van der Waals surface area (Å²) in [7, 11) is 0. The molecule has 2 aliphatic heterocycles. The zero-order chi connectivity index (χ0) is 17.2. The molecule has 4 rings (SSSR count). The number of amides is 1. The number of likely N-dealkylation sites (tertiary alicyclic amines) is 2. The Kier molecular flexibility index (Phi) is 5.04. The van der Waals surface area contributed by atoms with Gasteiger partial charge in [0, 0.05) is 13.1 Å². The number of benzene rings is 1. The third-order valence-electron chi connectivity index (χ3n) is 5.69. The molecule has 1 aromatic heterocycles. The van der Waals surface area contributed by atoms with Crippen molar-refractivity contribution in [1.29, 1.82) is 0 Å². The topological polar surface area (TPSA) is 37.6 Å². The van der Waals surface area contributed by atoms with Crippen molar-refractivity contribution in [1.82, 2.24) is 9.88 Å². The molecule has 0 radical (unpaired) electrons. The number of nitrogens with zero attached hydrogens (tertiary/aromatic N) is 2. The standard InChI is InChI=1S/C20H27N3OS/c1-15-6-4-11-23(12-15)19(24)14-22-10-5-7-16(13-22)20-21-17-8-2-3-9-18(17)25-20/h2-3,8-9,15-16H,4-7,10-14H2,1H3/p+1/t15-,16-/m0/s1. The fourth-order valence-electron chi connectivity index (χ4n) is 4.33. The molecule has 1 amide bonds. The number of carbonyl (C=O) groups excluding carboxylic acids is 1. The fraction of sp³-hybridized carbons (Fsp3) is 0.600. The van der Waals surface area contributed by atoms with Crippen molar-refractivity contribution >= 4 is 27.5 Å². The summed E-state index contributed by atoms with van der Waals surface area (Å²) in [4.78, 5) is 21.1. The van der Waals surface area contributed by atoms with Crippen LogP contribution in [0.3, 0.4) is 0 Å². The molecule has 1 unspecified atom stereocenters. The Balaban J connectivity index is 1.39. The number of nitrogens with one attached hydrogen (secondary N) is 1. The lowest BCUT2D eigenvalue weighted by Crippen LogP contribution is -3.14. The maximum absolute atomic E-state index is 12.7. The highest BCUT2D eigenvalue weighted by Gasteiger charge is 2.30. The Labute approximate surface area is 153 Å². The van der Waals surface area contributed by atoms with Crippen molar-refractivity contribution in [2.75, 3.05) is 32.7 Å². The first kappa shape index (κ1) is 17.0. The van der Waals surface area contributed by atoms with Crippen LogP contribution in [0.4, 0.5) is 0 Å². The van der Waals surface area contributed by atoms with E-state index in [2.05, 4.69) is 36.1 Å². The van der Waals surface area contributed by atoms with Crippen molar-refractivity contribution in [3.05, 3.63) is 29.3 Å². The summed E-state index contributed by atoms with van der Waals surface area (Å²) in [6.45, 7) is 7.00. The van der Waals surface area contributed by atoms with Gasteiger partial charge in [-0.2, -0.15) is 0 Å². The predicted molar refractivity (Wildman–Crippen MR) is 102 cm³/mol. The first-order valence-electron chi connectivity index (χ1n) is 9.66. The van der Waals surface area contributed by atoms with Gasteiger partial charge in [-0.1, -0.05) is 19.1 Å². The fourth-order valence-corrected chi connectivity index (χ4v) is 5.43. The Hall–Kier alpha value is -1.46. The van der Waals surface area contributed by atoms with Gasteiger partial charge in [-0.25, -0.2) is 4.98 Å². The molecule has 0 aliphatic carbocycles. The summed E-state index contributed by atoms with van der Waals surface area (Å²) in [5, 5.41) is 1.26. The van der Waals surface area contributed by atoms with Gasteiger partial charge in [-0.15, -0.1) is 11.3 Å². The number of quaternary nitrogens is 1. The summed E-state index contributed by atoms with van der Waals surface area (Å²) in [5.74, 6) is 1.52. The van der Waals surface area contributed by atoms with Crippen LogP contribution < -0.4 is 4.90 Å². The van der Waals surface area contributed by atoms with E-state index in [0.717, 1.165) is 38.1 Å². The summed E-state index contributed by atoms with van der Waals surface area (Å²) in [5.41, 5.74) is 1.12. The minimum Gasteiger partial charge on any atom is -0.338 e. The minimum absolute atomic E-state index is 0.353. The molecule has 5 heteroatoms. The van der Waals surface area contributed by atoms with E-state index >= 15 is 0 Å². The quantitative estimate of drug-likeness (QED) is 0.914. The zero-order valence-corrected chi connectivity index (χ0v) is 15.9. The lowest BCUT2D eigenvalue weighted by atomic mass is 9.98. The largest absolute Gasteiger partial charge is 0.338 e. The SMILES string of the molecule is C[C@H]1CCCN(C(=O)C[NH+]2CCC[C@H](c3nc4ccccc4s3)C2)C1. The highest BCUT2D eigenvalue weighted by Crippen LogP contribution is 2.30. The smallest absolute Gasteiger partial charge is 0.277 e. The maximum Gasteiger partial charge on any atom is 0.277 e. The molecule has 134 valence electrons. The number of fused-ring (bicyclic) bond motifs is 1. The van der Waals surface area contributed by atoms with Crippen LogP contribution in [-0.4, -0.2) is 48.5 Å². The Morgan fingerprint density at radius 3 is 3.04 bits per heavy atom. The number of para-hydroxylation sites is 1. The van der Waals surface area contributed by atoms with Crippen LogP contribution in [0.1, 0.15) is 43.5 Å². The van der Waals surface area contributed by atoms with Crippen LogP contribution in [0, 0.1) is 5.92 Å². The molecule has 2 aromatic rings. The van der Waals surface area contributed by atoms with Gasteiger partial charge in [0.15, 0.2) is 6.54 Å². The molecular weight excluding hydrogens is 330 g/mol. The number of piperidine rings is 2. The van der Waals surface area contributed by atoms with E-state index < -0.39 is 0 Å². The molecule has 0 bridgehead atoms. The molecule has 1 aromatic carbocycles. The molecule has 3 atom stereocenters. The van der Waals surface area contributed by atoms with E-state index in [4.69, 9.17) is 4.98 Å². The molecule has 2 aliphatic rings. The van der Waals surface area contributed by atoms with Crippen LogP contribution in [0.5, 0.6) is 0 Å². The van der Waals surface area contributed by atoms with Crippen LogP contribution in [-0.2, 0) is 4.79 Å². The van der Waals surface area contributed by atoms with Crippen LogP contribution in [0.15, 0.2) is 24.3 Å². The normalized spacial score (nSPS) is 27.6. The summed E-state index contributed by atoms with van der Waals surface area (Å²) in [6.07, 6.45) is 4.83. The van der Waals surface area contributed by atoms with Crippen molar-refractivity contribution in [2.45, 2.75) is 38.5 Å². The zero-order valence-electron chi connectivity index (χ0n) is 15.0. The average Bonchev–Trinajstić information content (AvgIpc) is 3.06. The summed E-state index contributed by atoms with van der Waals surface area (Å²) < 4.78 is 1.28. The van der Waals surface area contributed by atoms with E-state index in [1.807, 2.05) is 11.3 Å². The van der Waals surface area contributed by atoms with Crippen molar-refractivity contribution in [2.24, 2.45) is 5.92 Å². The van der Waals surface area contributed by atoms with Gasteiger partial charge in [0.25, 0.3) is 5.91 Å². The van der Waals surface area contributed by atoms with Gasteiger partial charge in [0.2, 0.25) is 0 Å². The Morgan fingerprint density at radius 2 is 2.20 bits per heavy atom. The van der Waals surface area contributed by atoms with E-state index in [0.29, 0.717) is 24.3 Å². The second kappa shape index (κ2) is 7.42. The number of aromatic nitrogens is 1. The molecule has 0 saturated carbocycles. The number of hydrogen-bond acceptors (Lipinski definition) is 3. The molecule has 25 heavy (non-hydrogen) atoms. The van der Waals surface area contributed by atoms with Crippen LogP contribution in [0.25, 0.3) is 10.2 Å². The van der Waals surface area contributed by atoms with Gasteiger partial charge in [0.1, 0.15) is 5.01 Å². The monoisotopic (exact) mass is 358 g/mol. The molecule has 0 spiro atoms. The highest BCUT2D eigenvalue weighted by molar-refractivity contribution is 7.18. The van der Waals surface area contributed by atoms with Gasteiger partial charge in [0.05, 0.1) is 29.2 Å². The lowest BCUT2D eigenvalue weighted by molar-refractivity contribution is -0.898. The molecule has 4 nitrogen and oxygen atoms in total. The van der Waals surface area contributed by atoms with Gasteiger partial charge in [-0.05, 0) is 43.7 Å². The second-order valence-electron chi connectivity index (χ2n) is 7.83. The van der Waals surface area contributed by atoms with Gasteiger partial charge in [-0.3, -0.25) is 4.79 Å². The van der Waals surface area contributed by atoms with Crippen LogP contribution >= 0.6 is 11.3 Å². The molecule has 3 heterocycles. The van der Waals surface area contributed by atoms with E-state index in [9.17, 15) is 4.79 Å². The minimum atomic E-state index is 0.353.